The third-order valence-corrected chi connectivity index (χ3v) is 5.10. The van der Waals surface area contributed by atoms with Crippen LogP contribution in [0.1, 0.15) is 29.9 Å². The van der Waals surface area contributed by atoms with Gasteiger partial charge in [-0.2, -0.15) is 0 Å². The number of hydrogen-bond donors (Lipinski definition) is 0. The second-order valence-electron chi connectivity index (χ2n) is 6.71. The summed E-state index contributed by atoms with van der Waals surface area (Å²) in [5.41, 5.74) is 4.65. The minimum atomic E-state index is 0.203. The van der Waals surface area contributed by atoms with Crippen LogP contribution in [0.5, 0.6) is 5.75 Å². The maximum absolute atomic E-state index is 12.3. The number of hydrogen-bond acceptors (Lipinski definition) is 2. The first-order valence-electron chi connectivity index (χ1n) is 8.57. The lowest BCUT2D eigenvalue weighted by molar-refractivity contribution is -0.115. The summed E-state index contributed by atoms with van der Waals surface area (Å²) in [6.07, 6.45) is 5.34. The second-order valence-corrected chi connectivity index (χ2v) is 6.71. The minimum absolute atomic E-state index is 0.203. The highest BCUT2D eigenvalue weighted by atomic mass is 16.5. The number of ether oxygens (including phenoxy) is 1. The SMILES string of the molecule is COc1ccc([C@H]2CC(=O)C=C(c3ccc4ccn(C)c4c3)C2)cc1. The molecular weight excluding hydrogens is 310 g/mol. The fourth-order valence-electron chi connectivity index (χ4n) is 3.67. The average Bonchev–Trinajstić information content (AvgIpc) is 3.02. The molecule has 1 aliphatic carbocycles. The minimum Gasteiger partial charge on any atom is -0.497 e. The van der Waals surface area contributed by atoms with E-state index in [0.29, 0.717) is 6.42 Å². The first-order chi connectivity index (χ1) is 12.1. The summed E-state index contributed by atoms with van der Waals surface area (Å²) in [7, 11) is 3.71. The number of rotatable bonds is 3. The Balaban J connectivity index is 1.66. The molecule has 0 radical (unpaired) electrons. The molecule has 3 nitrogen and oxygen atoms in total. The normalized spacial score (nSPS) is 17.6. The highest BCUT2D eigenvalue weighted by Gasteiger charge is 2.23. The number of allylic oxidation sites excluding steroid dienone is 2. The maximum atomic E-state index is 12.3. The molecule has 126 valence electrons. The van der Waals surface area contributed by atoms with E-state index in [1.165, 1.54) is 16.5 Å². The van der Waals surface area contributed by atoms with Gasteiger partial charge in [-0.3, -0.25) is 4.79 Å². The van der Waals surface area contributed by atoms with Gasteiger partial charge in [-0.05, 0) is 64.8 Å². The van der Waals surface area contributed by atoms with Crippen molar-refractivity contribution in [1.29, 1.82) is 0 Å². The second kappa shape index (κ2) is 6.25. The van der Waals surface area contributed by atoms with E-state index < -0.39 is 0 Å². The van der Waals surface area contributed by atoms with Crippen LogP contribution >= 0.6 is 0 Å². The largest absolute Gasteiger partial charge is 0.497 e. The molecule has 0 saturated carbocycles. The van der Waals surface area contributed by atoms with E-state index in [2.05, 4.69) is 47.2 Å². The Hall–Kier alpha value is -2.81. The highest BCUT2D eigenvalue weighted by molar-refractivity contribution is 6.00. The molecule has 2 aromatic carbocycles. The number of carbonyl (C=O) groups excluding carboxylic acids is 1. The summed E-state index contributed by atoms with van der Waals surface area (Å²) in [5.74, 6) is 1.27. The Bertz CT molecular complexity index is 963. The molecule has 1 aliphatic rings. The Kier molecular flexibility index (Phi) is 3.92. The predicted octanol–water partition coefficient (Wildman–Crippen LogP) is 4.72. The van der Waals surface area contributed by atoms with Gasteiger partial charge in [0, 0.05) is 25.2 Å². The van der Waals surface area contributed by atoms with Crippen molar-refractivity contribution in [2.45, 2.75) is 18.8 Å². The number of aromatic nitrogens is 1. The van der Waals surface area contributed by atoms with E-state index in [4.69, 9.17) is 4.74 Å². The monoisotopic (exact) mass is 331 g/mol. The van der Waals surface area contributed by atoms with E-state index in [0.717, 1.165) is 23.3 Å². The lowest BCUT2D eigenvalue weighted by atomic mass is 9.81. The van der Waals surface area contributed by atoms with Gasteiger partial charge in [-0.15, -0.1) is 0 Å². The zero-order valence-corrected chi connectivity index (χ0v) is 14.5. The molecule has 0 unspecified atom stereocenters. The van der Waals surface area contributed by atoms with Crippen LogP contribution in [0.4, 0.5) is 0 Å². The number of ketones is 1. The van der Waals surface area contributed by atoms with Gasteiger partial charge in [-0.25, -0.2) is 0 Å². The Morgan fingerprint density at radius 2 is 1.84 bits per heavy atom. The van der Waals surface area contributed by atoms with Crippen molar-refractivity contribution in [3.63, 3.8) is 0 Å². The van der Waals surface area contributed by atoms with Crippen molar-refractivity contribution in [2.24, 2.45) is 7.05 Å². The molecule has 0 bridgehead atoms. The van der Waals surface area contributed by atoms with Gasteiger partial charge in [0.05, 0.1) is 7.11 Å². The van der Waals surface area contributed by atoms with Gasteiger partial charge >= 0.3 is 0 Å². The van der Waals surface area contributed by atoms with Crippen LogP contribution in [0.15, 0.2) is 60.8 Å². The van der Waals surface area contributed by atoms with Gasteiger partial charge < -0.3 is 9.30 Å². The fourth-order valence-corrected chi connectivity index (χ4v) is 3.67. The van der Waals surface area contributed by atoms with Crippen molar-refractivity contribution in [2.75, 3.05) is 7.11 Å². The summed E-state index contributed by atoms with van der Waals surface area (Å²) >= 11 is 0. The molecule has 1 aromatic heterocycles. The first-order valence-corrected chi connectivity index (χ1v) is 8.57. The van der Waals surface area contributed by atoms with Crippen LogP contribution in [-0.2, 0) is 11.8 Å². The summed E-state index contributed by atoms with van der Waals surface area (Å²) in [5, 5.41) is 1.22. The zero-order chi connectivity index (χ0) is 17.4. The van der Waals surface area contributed by atoms with Crippen LogP contribution in [0.3, 0.4) is 0 Å². The van der Waals surface area contributed by atoms with Gasteiger partial charge in [0.2, 0.25) is 0 Å². The van der Waals surface area contributed by atoms with E-state index in [1.807, 2.05) is 25.3 Å². The molecule has 3 heteroatoms. The molecule has 3 aromatic rings. The molecule has 0 fully saturated rings. The van der Waals surface area contributed by atoms with Gasteiger partial charge in [0.1, 0.15) is 5.75 Å². The summed E-state index contributed by atoms with van der Waals surface area (Å²) in [4.78, 5) is 12.3. The van der Waals surface area contributed by atoms with E-state index >= 15 is 0 Å². The van der Waals surface area contributed by atoms with E-state index in [1.54, 1.807) is 7.11 Å². The molecule has 0 N–H and O–H groups in total. The quantitative estimate of drug-likeness (QED) is 0.695. The first kappa shape index (κ1) is 15.7. The van der Waals surface area contributed by atoms with Crippen molar-refractivity contribution in [3.8, 4) is 5.75 Å². The number of methoxy groups -OCH3 is 1. The summed E-state index contributed by atoms with van der Waals surface area (Å²) in [6.45, 7) is 0. The Labute approximate surface area is 147 Å². The van der Waals surface area contributed by atoms with Crippen LogP contribution < -0.4 is 4.74 Å². The fraction of sp³-hybridized carbons (Fsp3) is 0.227. The van der Waals surface area contributed by atoms with E-state index in [-0.39, 0.29) is 11.7 Å². The lowest BCUT2D eigenvalue weighted by Crippen LogP contribution is -2.12. The van der Waals surface area contributed by atoms with Gasteiger partial charge in [-0.1, -0.05) is 24.3 Å². The molecule has 0 saturated heterocycles. The number of aryl methyl sites for hydroxylation is 1. The van der Waals surface area contributed by atoms with Crippen LogP contribution in [0.25, 0.3) is 16.5 Å². The van der Waals surface area contributed by atoms with Gasteiger partial charge in [0.15, 0.2) is 5.78 Å². The number of fused-ring (bicyclic) bond motifs is 1. The average molecular weight is 331 g/mol. The molecule has 0 aliphatic heterocycles. The summed E-state index contributed by atoms with van der Waals surface area (Å²) in [6, 6.07) is 16.6. The van der Waals surface area contributed by atoms with Crippen LogP contribution in [-0.4, -0.2) is 17.5 Å². The van der Waals surface area contributed by atoms with E-state index in [9.17, 15) is 4.79 Å². The number of carbonyl (C=O) groups is 1. The molecule has 0 amide bonds. The van der Waals surface area contributed by atoms with Crippen molar-refractivity contribution in [3.05, 3.63) is 71.9 Å². The van der Waals surface area contributed by atoms with Crippen LogP contribution in [0, 0.1) is 0 Å². The highest BCUT2D eigenvalue weighted by Crippen LogP contribution is 2.37. The number of nitrogens with zero attached hydrogens (tertiary/aromatic N) is 1. The smallest absolute Gasteiger partial charge is 0.156 e. The molecule has 25 heavy (non-hydrogen) atoms. The van der Waals surface area contributed by atoms with Crippen molar-refractivity contribution < 1.29 is 9.53 Å². The molecule has 1 atom stereocenters. The Morgan fingerprint density at radius 1 is 1.04 bits per heavy atom. The molecule has 1 heterocycles. The standard InChI is InChI=1S/C22H21NO2/c1-23-10-9-16-3-4-17(14-22(16)23)19-11-18(12-20(24)13-19)15-5-7-21(25-2)8-6-15/h3-10,13-14,18H,11-12H2,1-2H3/t18-/m1/s1. The maximum Gasteiger partial charge on any atom is 0.156 e. The number of benzene rings is 2. The summed E-state index contributed by atoms with van der Waals surface area (Å²) < 4.78 is 7.35. The zero-order valence-electron chi connectivity index (χ0n) is 14.5. The molecule has 4 rings (SSSR count). The van der Waals surface area contributed by atoms with Crippen LogP contribution in [0.2, 0.25) is 0 Å². The Morgan fingerprint density at radius 3 is 2.60 bits per heavy atom. The van der Waals surface area contributed by atoms with Crippen molar-refractivity contribution >= 4 is 22.3 Å². The molecule has 0 spiro atoms. The topological polar surface area (TPSA) is 31.2 Å². The predicted molar refractivity (Wildman–Crippen MR) is 101 cm³/mol. The van der Waals surface area contributed by atoms with Crippen molar-refractivity contribution in [1.82, 2.24) is 4.57 Å². The van der Waals surface area contributed by atoms with Gasteiger partial charge in [0.25, 0.3) is 0 Å². The third-order valence-electron chi connectivity index (χ3n) is 5.10. The third kappa shape index (κ3) is 2.98. The molecular formula is C22H21NO2. The lowest BCUT2D eigenvalue weighted by Gasteiger charge is -2.23.